The van der Waals surface area contributed by atoms with E-state index in [2.05, 4.69) is 43.0 Å². The molecule has 0 atom stereocenters. The minimum absolute atomic E-state index is 0.270. The molecule has 82 valence electrons. The monoisotopic (exact) mass is 230 g/mol. The van der Waals surface area contributed by atoms with Crippen molar-refractivity contribution in [2.75, 3.05) is 0 Å². The van der Waals surface area contributed by atoms with Gasteiger partial charge in [-0.05, 0) is 26.0 Å². The van der Waals surface area contributed by atoms with E-state index in [1.807, 2.05) is 18.2 Å². The first-order chi connectivity index (χ1) is 7.43. The van der Waals surface area contributed by atoms with Gasteiger partial charge in [-0.25, -0.2) is 4.98 Å². The number of aromatic nitrogens is 2. The molecule has 0 saturated carbocycles. The normalized spacial score (nSPS) is 12.2. The zero-order valence-corrected chi connectivity index (χ0v) is 10.8. The molecule has 2 nitrogen and oxygen atoms in total. The first-order valence-corrected chi connectivity index (χ1v) is 5.88. The molecule has 0 fully saturated rings. The summed E-state index contributed by atoms with van der Waals surface area (Å²) in [5.74, 6) is 1.04. The summed E-state index contributed by atoms with van der Waals surface area (Å²) in [6.07, 6.45) is 0.887. The van der Waals surface area contributed by atoms with E-state index in [0.29, 0.717) is 0 Å². The number of aryl methyl sites for hydroxylation is 1. The van der Waals surface area contributed by atoms with Crippen molar-refractivity contribution in [3.8, 4) is 0 Å². The van der Waals surface area contributed by atoms with Crippen LogP contribution in [0, 0.1) is 0 Å². The van der Waals surface area contributed by atoms with Crippen molar-refractivity contribution >= 4 is 37.0 Å². The number of nitrogens with zero attached hydrogens (tertiary/aromatic N) is 2. The fourth-order valence-electron chi connectivity index (χ4n) is 1.99. The van der Waals surface area contributed by atoms with E-state index in [9.17, 15) is 0 Å². The maximum absolute atomic E-state index is 5.82. The second-order valence-electron chi connectivity index (χ2n) is 4.46. The van der Waals surface area contributed by atoms with Crippen LogP contribution in [-0.4, -0.2) is 17.4 Å². The number of fused-ring (bicyclic) bond motifs is 1. The molecule has 0 saturated heterocycles. The molecule has 0 unspecified atom stereocenters. The van der Waals surface area contributed by atoms with E-state index in [-0.39, 0.29) is 4.87 Å². The predicted octanol–water partition coefficient (Wildman–Crippen LogP) is 2.01. The molecule has 1 heterocycles. The third kappa shape index (κ3) is 1.86. The minimum atomic E-state index is -0.270. The fourth-order valence-corrected chi connectivity index (χ4v) is 2.21. The van der Waals surface area contributed by atoms with Crippen LogP contribution in [0.25, 0.3) is 11.0 Å². The quantitative estimate of drug-likeness (QED) is 0.617. The van der Waals surface area contributed by atoms with Crippen molar-refractivity contribution in [2.24, 2.45) is 0 Å². The van der Waals surface area contributed by atoms with Gasteiger partial charge in [-0.1, -0.05) is 18.5 Å². The summed E-state index contributed by atoms with van der Waals surface area (Å²) in [5, 5.41) is 0. The molecule has 0 aliphatic carbocycles. The predicted molar refractivity (Wildman–Crippen MR) is 72.8 cm³/mol. The SMILES string of the molecule is [B]c1ccc2nc(CC)n(C(C)(C)S)c2c1. The average Bonchev–Trinajstić information content (AvgIpc) is 2.54. The Hall–Kier alpha value is -0.895. The van der Waals surface area contributed by atoms with Crippen LogP contribution in [0.4, 0.5) is 0 Å². The van der Waals surface area contributed by atoms with Gasteiger partial charge in [0.15, 0.2) is 0 Å². The van der Waals surface area contributed by atoms with Crippen LogP contribution in [0.2, 0.25) is 0 Å². The second-order valence-corrected chi connectivity index (χ2v) is 5.55. The number of hydrogen-bond acceptors (Lipinski definition) is 2. The van der Waals surface area contributed by atoms with Gasteiger partial charge in [0, 0.05) is 6.42 Å². The highest BCUT2D eigenvalue weighted by Crippen LogP contribution is 2.27. The molecule has 1 aromatic heterocycles. The summed E-state index contributed by atoms with van der Waals surface area (Å²) in [6, 6.07) is 5.80. The fraction of sp³-hybridized carbons (Fsp3) is 0.417. The van der Waals surface area contributed by atoms with Crippen LogP contribution in [0.3, 0.4) is 0 Å². The highest BCUT2D eigenvalue weighted by Gasteiger charge is 2.21. The van der Waals surface area contributed by atoms with Gasteiger partial charge >= 0.3 is 0 Å². The van der Waals surface area contributed by atoms with Crippen LogP contribution in [0.5, 0.6) is 0 Å². The lowest BCUT2D eigenvalue weighted by Gasteiger charge is -2.23. The number of rotatable bonds is 2. The Bertz CT molecular complexity index is 526. The summed E-state index contributed by atoms with van der Waals surface area (Å²) in [6.45, 7) is 6.21. The van der Waals surface area contributed by atoms with Gasteiger partial charge < -0.3 is 4.57 Å². The largest absolute Gasteiger partial charge is 0.313 e. The Morgan fingerprint density at radius 1 is 1.44 bits per heavy atom. The lowest BCUT2D eigenvalue weighted by molar-refractivity contribution is 0.534. The molecular weight excluding hydrogens is 215 g/mol. The maximum Gasteiger partial charge on any atom is 0.113 e. The molecule has 0 amide bonds. The topological polar surface area (TPSA) is 17.8 Å². The van der Waals surface area contributed by atoms with Gasteiger partial charge in [0.05, 0.1) is 15.9 Å². The van der Waals surface area contributed by atoms with E-state index in [0.717, 1.165) is 28.7 Å². The van der Waals surface area contributed by atoms with Gasteiger partial charge in [0.1, 0.15) is 13.7 Å². The lowest BCUT2D eigenvalue weighted by atomic mass is 9.96. The van der Waals surface area contributed by atoms with Gasteiger partial charge in [-0.2, -0.15) is 12.6 Å². The van der Waals surface area contributed by atoms with Crippen molar-refractivity contribution in [2.45, 2.75) is 32.1 Å². The summed E-state index contributed by atoms with van der Waals surface area (Å²) >= 11 is 4.63. The second kappa shape index (κ2) is 3.84. The van der Waals surface area contributed by atoms with E-state index in [1.54, 1.807) is 0 Å². The molecule has 0 aliphatic rings. The lowest BCUT2D eigenvalue weighted by Crippen LogP contribution is -2.21. The zero-order valence-electron chi connectivity index (χ0n) is 9.86. The van der Waals surface area contributed by atoms with Crippen LogP contribution in [0.15, 0.2) is 18.2 Å². The summed E-state index contributed by atoms with van der Waals surface area (Å²) in [4.78, 5) is 4.33. The smallest absolute Gasteiger partial charge is 0.113 e. The maximum atomic E-state index is 5.82. The molecule has 4 heteroatoms. The van der Waals surface area contributed by atoms with Crippen LogP contribution in [0.1, 0.15) is 26.6 Å². The Labute approximate surface area is 103 Å². The first-order valence-electron chi connectivity index (χ1n) is 5.43. The van der Waals surface area contributed by atoms with Crippen molar-refractivity contribution < 1.29 is 0 Å². The zero-order chi connectivity index (χ0) is 11.9. The molecule has 0 spiro atoms. The van der Waals surface area contributed by atoms with Gasteiger partial charge in [-0.3, -0.25) is 0 Å². The number of hydrogen-bond donors (Lipinski definition) is 1. The van der Waals surface area contributed by atoms with Gasteiger partial charge in [-0.15, -0.1) is 0 Å². The molecule has 1 aromatic carbocycles. The molecule has 16 heavy (non-hydrogen) atoms. The molecule has 0 aliphatic heterocycles. The number of imidazole rings is 1. The summed E-state index contributed by atoms with van der Waals surface area (Å²) < 4.78 is 2.14. The average molecular weight is 230 g/mol. The van der Waals surface area contributed by atoms with Crippen molar-refractivity contribution in [1.29, 1.82) is 0 Å². The summed E-state index contributed by atoms with van der Waals surface area (Å²) in [7, 11) is 5.82. The Balaban J connectivity index is 2.81. The van der Waals surface area contributed by atoms with Crippen LogP contribution < -0.4 is 5.46 Å². The van der Waals surface area contributed by atoms with Gasteiger partial charge in [0.25, 0.3) is 0 Å². The third-order valence-electron chi connectivity index (χ3n) is 2.61. The number of benzene rings is 1. The van der Waals surface area contributed by atoms with E-state index in [1.165, 1.54) is 0 Å². The minimum Gasteiger partial charge on any atom is -0.313 e. The highest BCUT2D eigenvalue weighted by atomic mass is 32.1. The number of thiol groups is 1. The first kappa shape index (κ1) is 11.6. The van der Waals surface area contributed by atoms with Crippen LogP contribution >= 0.6 is 12.6 Å². The van der Waals surface area contributed by atoms with E-state index >= 15 is 0 Å². The van der Waals surface area contributed by atoms with Crippen molar-refractivity contribution in [1.82, 2.24) is 9.55 Å². The van der Waals surface area contributed by atoms with Crippen molar-refractivity contribution in [3.05, 3.63) is 24.0 Å². The standard InChI is InChI=1S/C12H15BN2S/c1-4-11-14-9-6-5-8(13)7-10(9)15(11)12(2,3)16/h5-7,16H,4H2,1-3H3. The Morgan fingerprint density at radius 2 is 2.12 bits per heavy atom. The molecule has 0 bridgehead atoms. The van der Waals surface area contributed by atoms with Crippen LogP contribution in [-0.2, 0) is 11.3 Å². The Kier molecular flexibility index (Phi) is 2.78. The third-order valence-corrected chi connectivity index (χ3v) is 2.81. The Morgan fingerprint density at radius 3 is 2.69 bits per heavy atom. The van der Waals surface area contributed by atoms with E-state index in [4.69, 9.17) is 7.85 Å². The van der Waals surface area contributed by atoms with Crippen molar-refractivity contribution in [3.63, 3.8) is 0 Å². The van der Waals surface area contributed by atoms with E-state index < -0.39 is 0 Å². The summed E-state index contributed by atoms with van der Waals surface area (Å²) in [5.41, 5.74) is 2.79. The molecule has 0 N–H and O–H groups in total. The highest BCUT2D eigenvalue weighted by molar-refractivity contribution is 7.81. The molecule has 2 rings (SSSR count). The van der Waals surface area contributed by atoms with Gasteiger partial charge in [0.2, 0.25) is 0 Å². The molecular formula is C12H15BN2S. The molecule has 2 radical (unpaired) electrons. The molecule has 2 aromatic rings.